The fourth-order valence-electron chi connectivity index (χ4n) is 2.06. The molecule has 0 saturated carbocycles. The SMILES string of the molecule is OCCNc1ccc(-c2ccc3ccccc3n2)cn1. The lowest BCUT2D eigenvalue weighted by molar-refractivity contribution is 0.311. The van der Waals surface area contributed by atoms with Gasteiger partial charge in [0.1, 0.15) is 5.82 Å². The standard InChI is InChI=1S/C16H15N3O/c20-10-9-17-16-8-6-13(11-18-16)15-7-5-12-3-1-2-4-14(12)19-15/h1-8,11,20H,9-10H2,(H,17,18). The van der Waals surface area contributed by atoms with Crippen molar-refractivity contribution in [3.8, 4) is 11.3 Å². The number of fused-ring (bicyclic) bond motifs is 1. The molecule has 0 aliphatic carbocycles. The zero-order valence-electron chi connectivity index (χ0n) is 11.0. The molecule has 0 fully saturated rings. The summed E-state index contributed by atoms with van der Waals surface area (Å²) in [5, 5.41) is 12.9. The third-order valence-electron chi connectivity index (χ3n) is 3.08. The Morgan fingerprint density at radius 1 is 1.00 bits per heavy atom. The first-order valence-electron chi connectivity index (χ1n) is 6.54. The van der Waals surface area contributed by atoms with E-state index in [-0.39, 0.29) is 6.61 Å². The summed E-state index contributed by atoms with van der Waals surface area (Å²) in [6, 6.07) is 16.0. The van der Waals surface area contributed by atoms with Crippen molar-refractivity contribution in [2.24, 2.45) is 0 Å². The van der Waals surface area contributed by atoms with Crippen LogP contribution < -0.4 is 5.32 Å². The number of hydrogen-bond donors (Lipinski definition) is 2. The molecule has 0 bridgehead atoms. The summed E-state index contributed by atoms with van der Waals surface area (Å²) in [6.07, 6.45) is 1.79. The molecule has 4 heteroatoms. The molecule has 3 rings (SSSR count). The van der Waals surface area contributed by atoms with E-state index in [1.54, 1.807) is 6.20 Å². The summed E-state index contributed by atoms with van der Waals surface area (Å²) in [6.45, 7) is 0.593. The predicted octanol–water partition coefficient (Wildman–Crippen LogP) is 2.70. The second-order valence-corrected chi connectivity index (χ2v) is 4.47. The van der Waals surface area contributed by atoms with Crippen LogP contribution >= 0.6 is 0 Å². The summed E-state index contributed by atoms with van der Waals surface area (Å²) in [5.74, 6) is 0.753. The Kier molecular flexibility index (Phi) is 3.56. The summed E-state index contributed by atoms with van der Waals surface area (Å²) in [5.41, 5.74) is 2.86. The Labute approximate surface area is 117 Å². The monoisotopic (exact) mass is 265 g/mol. The van der Waals surface area contributed by atoms with Gasteiger partial charge in [-0.15, -0.1) is 0 Å². The number of hydrogen-bond acceptors (Lipinski definition) is 4. The maximum atomic E-state index is 8.76. The van der Waals surface area contributed by atoms with Crippen LogP contribution in [0, 0.1) is 0 Å². The molecular formula is C16H15N3O. The zero-order chi connectivity index (χ0) is 13.8. The van der Waals surface area contributed by atoms with Gasteiger partial charge in [-0.2, -0.15) is 0 Å². The minimum absolute atomic E-state index is 0.0929. The third-order valence-corrected chi connectivity index (χ3v) is 3.08. The van der Waals surface area contributed by atoms with Gasteiger partial charge in [-0.05, 0) is 24.3 Å². The quantitative estimate of drug-likeness (QED) is 0.761. The molecule has 4 nitrogen and oxygen atoms in total. The van der Waals surface area contributed by atoms with Crippen LogP contribution in [0.1, 0.15) is 0 Å². The van der Waals surface area contributed by atoms with Crippen molar-refractivity contribution in [3.05, 3.63) is 54.7 Å². The van der Waals surface area contributed by atoms with E-state index >= 15 is 0 Å². The summed E-state index contributed by atoms with van der Waals surface area (Å²) < 4.78 is 0. The molecule has 20 heavy (non-hydrogen) atoms. The van der Waals surface area contributed by atoms with Gasteiger partial charge >= 0.3 is 0 Å². The van der Waals surface area contributed by atoms with Crippen LogP contribution in [0.4, 0.5) is 5.82 Å². The molecule has 0 saturated heterocycles. The van der Waals surface area contributed by atoms with Gasteiger partial charge in [0.05, 0.1) is 17.8 Å². The Morgan fingerprint density at radius 2 is 1.90 bits per heavy atom. The molecule has 0 radical (unpaired) electrons. The number of rotatable bonds is 4. The van der Waals surface area contributed by atoms with E-state index < -0.39 is 0 Å². The molecule has 0 aliphatic heterocycles. The first-order valence-corrected chi connectivity index (χ1v) is 6.54. The summed E-state index contributed by atoms with van der Waals surface area (Å²) >= 11 is 0. The molecule has 2 aromatic heterocycles. The number of aliphatic hydroxyl groups excluding tert-OH is 1. The highest BCUT2D eigenvalue weighted by atomic mass is 16.3. The van der Waals surface area contributed by atoms with Crippen LogP contribution in [-0.4, -0.2) is 28.2 Å². The Balaban J connectivity index is 1.90. The Bertz CT molecular complexity index is 710. The van der Waals surface area contributed by atoms with E-state index in [0.29, 0.717) is 6.54 Å². The first kappa shape index (κ1) is 12.6. The maximum absolute atomic E-state index is 8.76. The highest BCUT2D eigenvalue weighted by Gasteiger charge is 2.02. The average molecular weight is 265 g/mol. The lowest BCUT2D eigenvalue weighted by Gasteiger charge is -2.05. The molecule has 0 spiro atoms. The zero-order valence-corrected chi connectivity index (χ0v) is 11.0. The number of nitrogens with one attached hydrogen (secondary N) is 1. The topological polar surface area (TPSA) is 58.0 Å². The van der Waals surface area contributed by atoms with E-state index in [1.165, 1.54) is 0 Å². The number of aromatic nitrogens is 2. The molecular weight excluding hydrogens is 250 g/mol. The van der Waals surface area contributed by atoms with E-state index in [9.17, 15) is 0 Å². The first-order chi connectivity index (χ1) is 9.86. The van der Waals surface area contributed by atoms with Crippen LogP contribution in [0.15, 0.2) is 54.7 Å². The van der Waals surface area contributed by atoms with E-state index in [0.717, 1.165) is 28.0 Å². The van der Waals surface area contributed by atoms with Gasteiger partial charge in [0, 0.05) is 23.7 Å². The normalized spacial score (nSPS) is 10.7. The molecule has 2 heterocycles. The van der Waals surface area contributed by atoms with Crippen LogP contribution in [0.3, 0.4) is 0 Å². The number of benzene rings is 1. The van der Waals surface area contributed by atoms with Crippen molar-refractivity contribution in [1.29, 1.82) is 0 Å². The largest absolute Gasteiger partial charge is 0.395 e. The maximum Gasteiger partial charge on any atom is 0.125 e. The van der Waals surface area contributed by atoms with Crippen LogP contribution in [0.5, 0.6) is 0 Å². The molecule has 1 aromatic carbocycles. The fraction of sp³-hybridized carbons (Fsp3) is 0.125. The van der Waals surface area contributed by atoms with E-state index in [4.69, 9.17) is 5.11 Å². The molecule has 0 atom stereocenters. The fourth-order valence-corrected chi connectivity index (χ4v) is 2.06. The highest BCUT2D eigenvalue weighted by molar-refractivity contribution is 5.81. The molecule has 100 valence electrons. The van der Waals surface area contributed by atoms with Gasteiger partial charge in [0.25, 0.3) is 0 Å². The number of nitrogens with zero attached hydrogens (tertiary/aromatic N) is 2. The Hall–Kier alpha value is -2.46. The van der Waals surface area contributed by atoms with Crippen LogP contribution in [0.2, 0.25) is 0 Å². The van der Waals surface area contributed by atoms with E-state index in [1.807, 2.05) is 42.5 Å². The minimum atomic E-state index is 0.0929. The van der Waals surface area contributed by atoms with Gasteiger partial charge in [-0.25, -0.2) is 9.97 Å². The van der Waals surface area contributed by atoms with Crippen LogP contribution in [-0.2, 0) is 0 Å². The number of pyridine rings is 2. The van der Waals surface area contributed by atoms with Gasteiger partial charge in [-0.1, -0.05) is 24.3 Å². The second kappa shape index (κ2) is 5.67. The highest BCUT2D eigenvalue weighted by Crippen LogP contribution is 2.21. The van der Waals surface area contributed by atoms with Crippen molar-refractivity contribution in [1.82, 2.24) is 9.97 Å². The van der Waals surface area contributed by atoms with Gasteiger partial charge in [-0.3, -0.25) is 0 Å². The van der Waals surface area contributed by atoms with Crippen molar-refractivity contribution in [3.63, 3.8) is 0 Å². The van der Waals surface area contributed by atoms with Gasteiger partial charge < -0.3 is 10.4 Å². The second-order valence-electron chi connectivity index (χ2n) is 4.47. The van der Waals surface area contributed by atoms with Gasteiger partial charge in [0.2, 0.25) is 0 Å². The average Bonchev–Trinajstić information content (AvgIpc) is 2.53. The molecule has 0 unspecified atom stereocenters. The smallest absolute Gasteiger partial charge is 0.125 e. The van der Waals surface area contributed by atoms with Crippen molar-refractivity contribution in [2.75, 3.05) is 18.5 Å². The summed E-state index contributed by atoms with van der Waals surface area (Å²) in [4.78, 5) is 8.95. The number of aliphatic hydroxyl groups is 1. The number of para-hydroxylation sites is 1. The molecule has 3 aromatic rings. The molecule has 0 aliphatic rings. The lowest BCUT2D eigenvalue weighted by Crippen LogP contribution is -2.06. The van der Waals surface area contributed by atoms with Crippen LogP contribution in [0.25, 0.3) is 22.2 Å². The number of anilines is 1. The Morgan fingerprint density at radius 3 is 2.70 bits per heavy atom. The minimum Gasteiger partial charge on any atom is -0.395 e. The van der Waals surface area contributed by atoms with Crippen molar-refractivity contribution in [2.45, 2.75) is 0 Å². The summed E-state index contributed by atoms with van der Waals surface area (Å²) in [7, 11) is 0. The van der Waals surface area contributed by atoms with Gasteiger partial charge in [0.15, 0.2) is 0 Å². The predicted molar refractivity (Wildman–Crippen MR) is 80.5 cm³/mol. The lowest BCUT2D eigenvalue weighted by atomic mass is 10.1. The molecule has 2 N–H and O–H groups in total. The molecule has 0 amide bonds. The van der Waals surface area contributed by atoms with Crippen molar-refractivity contribution < 1.29 is 5.11 Å². The van der Waals surface area contributed by atoms with E-state index in [2.05, 4.69) is 21.4 Å². The third kappa shape index (κ3) is 2.60. The van der Waals surface area contributed by atoms with Crippen molar-refractivity contribution >= 4 is 16.7 Å².